The van der Waals surface area contributed by atoms with Crippen molar-refractivity contribution in [3.8, 4) is 11.4 Å². The molecule has 0 saturated carbocycles. The maximum atomic E-state index is 5.57. The topological polar surface area (TPSA) is 56.7 Å². The third-order valence-electron chi connectivity index (χ3n) is 4.77. The van der Waals surface area contributed by atoms with E-state index < -0.39 is 0 Å². The molecule has 0 aliphatic carbocycles. The first kappa shape index (κ1) is 17.7. The van der Waals surface area contributed by atoms with Gasteiger partial charge in [0.2, 0.25) is 0 Å². The lowest BCUT2D eigenvalue weighted by Crippen LogP contribution is -2.03. The molecule has 2 aromatic carbocycles. The molecule has 0 unspecified atom stereocenters. The Morgan fingerprint density at radius 1 is 0.897 bits per heavy atom. The molecule has 0 spiro atoms. The molecule has 5 nitrogen and oxygen atoms in total. The van der Waals surface area contributed by atoms with Gasteiger partial charge in [0.1, 0.15) is 5.76 Å². The van der Waals surface area contributed by atoms with Gasteiger partial charge in [-0.3, -0.25) is 9.55 Å². The minimum absolute atomic E-state index is 0.572. The van der Waals surface area contributed by atoms with E-state index in [0.29, 0.717) is 6.54 Å². The van der Waals surface area contributed by atoms with Crippen LogP contribution in [0.25, 0.3) is 22.2 Å². The Hall–Kier alpha value is -3.38. The molecule has 0 fully saturated rings. The normalized spacial score (nSPS) is 11.2. The predicted octanol–water partition coefficient (Wildman–Crippen LogP) is 5.43. The van der Waals surface area contributed by atoms with E-state index in [1.807, 2.05) is 30.5 Å². The van der Waals surface area contributed by atoms with Crippen molar-refractivity contribution in [2.24, 2.45) is 0 Å². The summed E-state index contributed by atoms with van der Waals surface area (Å²) in [6.45, 7) is 0.572. The number of benzene rings is 2. The van der Waals surface area contributed by atoms with Crippen molar-refractivity contribution < 1.29 is 4.42 Å². The summed E-state index contributed by atoms with van der Waals surface area (Å²) >= 11 is 1.68. The highest BCUT2D eigenvalue weighted by Gasteiger charge is 2.16. The molecule has 5 aromatic rings. The zero-order valence-electron chi connectivity index (χ0n) is 15.6. The number of pyridine rings is 1. The molecule has 0 saturated heterocycles. The number of aromatic nitrogens is 4. The van der Waals surface area contributed by atoms with Gasteiger partial charge in [0, 0.05) is 23.7 Å². The van der Waals surface area contributed by atoms with Gasteiger partial charge < -0.3 is 4.42 Å². The lowest BCUT2D eigenvalue weighted by Gasteiger charge is -2.10. The van der Waals surface area contributed by atoms with Gasteiger partial charge >= 0.3 is 0 Å². The van der Waals surface area contributed by atoms with Crippen LogP contribution in [0.15, 0.2) is 95.0 Å². The van der Waals surface area contributed by atoms with Crippen LogP contribution >= 0.6 is 11.8 Å². The second-order valence-electron chi connectivity index (χ2n) is 6.64. The van der Waals surface area contributed by atoms with Gasteiger partial charge in [0.25, 0.3) is 0 Å². The maximum Gasteiger partial charge on any atom is 0.192 e. The first-order chi connectivity index (χ1) is 14.4. The molecule has 0 radical (unpaired) electrons. The van der Waals surface area contributed by atoms with Crippen LogP contribution in [0.4, 0.5) is 0 Å². The number of hydrogen-bond acceptors (Lipinski definition) is 5. The van der Waals surface area contributed by atoms with Crippen molar-refractivity contribution in [2.45, 2.75) is 17.5 Å². The predicted molar refractivity (Wildman–Crippen MR) is 115 cm³/mol. The van der Waals surface area contributed by atoms with Gasteiger partial charge in [-0.2, -0.15) is 0 Å². The Balaban J connectivity index is 1.48. The molecule has 29 heavy (non-hydrogen) atoms. The fourth-order valence-electron chi connectivity index (χ4n) is 3.37. The van der Waals surface area contributed by atoms with Crippen LogP contribution < -0.4 is 0 Å². The molecule has 6 heteroatoms. The highest BCUT2D eigenvalue weighted by Crippen LogP contribution is 2.29. The van der Waals surface area contributed by atoms with E-state index in [-0.39, 0.29) is 0 Å². The number of hydrogen-bond donors (Lipinski definition) is 0. The summed E-state index contributed by atoms with van der Waals surface area (Å²) in [6, 6.07) is 22.6. The molecule has 3 aromatic heterocycles. The van der Waals surface area contributed by atoms with Crippen LogP contribution in [-0.2, 0) is 12.3 Å². The van der Waals surface area contributed by atoms with E-state index in [1.165, 1.54) is 16.3 Å². The maximum absolute atomic E-state index is 5.57. The van der Waals surface area contributed by atoms with Crippen molar-refractivity contribution >= 4 is 22.5 Å². The highest BCUT2D eigenvalue weighted by molar-refractivity contribution is 7.98. The lowest BCUT2D eigenvalue weighted by molar-refractivity contribution is 0.485. The second-order valence-corrected chi connectivity index (χ2v) is 7.58. The van der Waals surface area contributed by atoms with Crippen LogP contribution in [0.5, 0.6) is 0 Å². The van der Waals surface area contributed by atoms with E-state index in [0.717, 1.165) is 28.1 Å². The summed E-state index contributed by atoms with van der Waals surface area (Å²) in [5.74, 6) is 2.46. The first-order valence-electron chi connectivity index (χ1n) is 9.34. The quantitative estimate of drug-likeness (QED) is 0.357. The summed E-state index contributed by atoms with van der Waals surface area (Å²) in [4.78, 5) is 4.22. The Labute approximate surface area is 172 Å². The SMILES string of the molecule is c1cncc(-c2nnc(SCc3cccc4ccccc34)n2Cc2ccco2)c1. The Morgan fingerprint density at radius 3 is 2.69 bits per heavy atom. The molecule has 3 heterocycles. The molecule has 142 valence electrons. The van der Waals surface area contributed by atoms with Crippen LogP contribution in [-0.4, -0.2) is 19.7 Å². The van der Waals surface area contributed by atoms with Gasteiger partial charge in [-0.05, 0) is 40.6 Å². The minimum atomic E-state index is 0.572. The fraction of sp³-hybridized carbons (Fsp3) is 0.0870. The molecule has 0 atom stereocenters. The van der Waals surface area contributed by atoms with Gasteiger partial charge in [-0.15, -0.1) is 10.2 Å². The van der Waals surface area contributed by atoms with E-state index in [2.05, 4.69) is 62.2 Å². The van der Waals surface area contributed by atoms with Gasteiger partial charge in [-0.1, -0.05) is 54.2 Å². The summed E-state index contributed by atoms with van der Waals surface area (Å²) in [7, 11) is 0. The summed E-state index contributed by atoms with van der Waals surface area (Å²) in [5.41, 5.74) is 2.21. The molecular formula is C23H18N4OS. The first-order valence-corrected chi connectivity index (χ1v) is 10.3. The third-order valence-corrected chi connectivity index (χ3v) is 5.78. The highest BCUT2D eigenvalue weighted by atomic mass is 32.2. The van der Waals surface area contributed by atoms with E-state index in [1.54, 1.807) is 24.2 Å². The standard InChI is InChI=1S/C23H18N4OS/c1-2-11-21-17(6-1)7-3-8-19(21)16-29-23-26-25-22(18-9-4-12-24-14-18)27(23)15-20-10-5-13-28-20/h1-14H,15-16H2. The molecular weight excluding hydrogens is 380 g/mol. The molecule has 0 bridgehead atoms. The second kappa shape index (κ2) is 7.93. The monoisotopic (exact) mass is 398 g/mol. The molecule has 0 amide bonds. The van der Waals surface area contributed by atoms with Crippen LogP contribution in [0, 0.1) is 0 Å². The number of furan rings is 1. The van der Waals surface area contributed by atoms with Gasteiger partial charge in [0.15, 0.2) is 11.0 Å². The zero-order valence-corrected chi connectivity index (χ0v) is 16.4. The van der Waals surface area contributed by atoms with Crippen molar-refractivity contribution in [3.05, 3.63) is 96.7 Å². The van der Waals surface area contributed by atoms with E-state index in [4.69, 9.17) is 4.42 Å². The van der Waals surface area contributed by atoms with E-state index >= 15 is 0 Å². The minimum Gasteiger partial charge on any atom is -0.467 e. The van der Waals surface area contributed by atoms with Crippen molar-refractivity contribution in [2.75, 3.05) is 0 Å². The molecule has 0 aliphatic heterocycles. The van der Waals surface area contributed by atoms with Crippen molar-refractivity contribution in [3.63, 3.8) is 0 Å². The van der Waals surface area contributed by atoms with E-state index in [9.17, 15) is 0 Å². The number of rotatable bonds is 6. The number of nitrogens with zero attached hydrogens (tertiary/aromatic N) is 4. The largest absolute Gasteiger partial charge is 0.467 e. The van der Waals surface area contributed by atoms with Crippen LogP contribution in [0.2, 0.25) is 0 Å². The Morgan fingerprint density at radius 2 is 1.83 bits per heavy atom. The van der Waals surface area contributed by atoms with Crippen molar-refractivity contribution in [1.82, 2.24) is 19.7 Å². The lowest BCUT2D eigenvalue weighted by atomic mass is 10.1. The molecule has 0 aliphatic rings. The summed E-state index contributed by atoms with van der Waals surface area (Å²) in [5, 5.41) is 12.3. The van der Waals surface area contributed by atoms with Gasteiger partial charge in [0.05, 0.1) is 12.8 Å². The third kappa shape index (κ3) is 3.67. The van der Waals surface area contributed by atoms with Gasteiger partial charge in [-0.25, -0.2) is 0 Å². The zero-order chi connectivity index (χ0) is 19.5. The summed E-state index contributed by atoms with van der Waals surface area (Å²) < 4.78 is 7.66. The van der Waals surface area contributed by atoms with Crippen LogP contribution in [0.1, 0.15) is 11.3 Å². The average Bonchev–Trinajstić information content (AvgIpc) is 3.43. The average molecular weight is 398 g/mol. The molecule has 0 N–H and O–H groups in total. The molecule has 5 rings (SSSR count). The Kier molecular flexibility index (Phi) is 4.84. The number of fused-ring (bicyclic) bond motifs is 1. The number of thioether (sulfide) groups is 1. The Bertz CT molecular complexity index is 1230. The summed E-state index contributed by atoms with van der Waals surface area (Å²) in [6.07, 6.45) is 5.25. The van der Waals surface area contributed by atoms with Crippen LogP contribution in [0.3, 0.4) is 0 Å². The van der Waals surface area contributed by atoms with Crippen molar-refractivity contribution in [1.29, 1.82) is 0 Å². The smallest absolute Gasteiger partial charge is 0.192 e. The fourth-order valence-corrected chi connectivity index (χ4v) is 4.31.